The largest absolute Gasteiger partial charge is 0.371 e. The summed E-state index contributed by atoms with van der Waals surface area (Å²) < 4.78 is 0. The Morgan fingerprint density at radius 1 is 0.457 bits per heavy atom. The molecule has 0 atom stereocenters. The van der Waals surface area contributed by atoms with Crippen molar-refractivity contribution < 1.29 is 9.68 Å². The highest BCUT2D eigenvalue weighted by atomic mass is 16.9. The van der Waals surface area contributed by atoms with Crippen molar-refractivity contribution in [2.45, 2.75) is 0 Å². The summed E-state index contributed by atoms with van der Waals surface area (Å²) in [5.74, 6) is 1.14. The molecular formula is C30H21N3O2. The Morgan fingerprint density at radius 3 is 1.37 bits per heavy atom. The van der Waals surface area contributed by atoms with E-state index in [2.05, 4.69) is 39.9 Å². The highest BCUT2D eigenvalue weighted by molar-refractivity contribution is 5.98. The molecule has 0 radical (unpaired) electrons. The first-order chi connectivity index (χ1) is 17.4. The Labute approximate surface area is 202 Å². The molecule has 0 unspecified atom stereocenters. The first-order valence-corrected chi connectivity index (χ1v) is 11.3. The number of hydrogen-bond acceptors (Lipinski definition) is 5. The SMILES string of the molecule is c1ccc(-c2ccc(ONOc3ccc(-c4ccccc4)c4cccnc34)c3ncccc23)cc1. The number of hydrogen-bond donors (Lipinski definition) is 1. The van der Waals surface area contributed by atoms with Gasteiger partial charge in [0, 0.05) is 28.8 Å². The summed E-state index contributed by atoms with van der Waals surface area (Å²) in [5.41, 5.74) is 8.55. The zero-order valence-electron chi connectivity index (χ0n) is 18.8. The van der Waals surface area contributed by atoms with Crippen molar-refractivity contribution in [3.05, 3.63) is 122 Å². The van der Waals surface area contributed by atoms with Crippen molar-refractivity contribution >= 4 is 21.8 Å². The van der Waals surface area contributed by atoms with Gasteiger partial charge >= 0.3 is 0 Å². The van der Waals surface area contributed by atoms with Gasteiger partial charge in [0.05, 0.1) is 0 Å². The van der Waals surface area contributed by atoms with Gasteiger partial charge in [-0.25, -0.2) is 0 Å². The third-order valence-electron chi connectivity index (χ3n) is 5.94. The number of pyridine rings is 2. The topological polar surface area (TPSA) is 56.3 Å². The van der Waals surface area contributed by atoms with Crippen LogP contribution in [0.5, 0.6) is 11.5 Å². The standard InChI is InChI=1S/C30H21N3O2/c1-3-9-21(10-4-1)23-15-17-27(29-25(23)13-7-19-31-29)34-33-35-28-18-16-24(22-11-5-2-6-12-22)26-14-8-20-32-30(26)28/h1-20,33H. The Bertz CT molecular complexity index is 1500. The monoisotopic (exact) mass is 455 g/mol. The summed E-state index contributed by atoms with van der Waals surface area (Å²) >= 11 is 0. The van der Waals surface area contributed by atoms with Gasteiger partial charge in [-0.2, -0.15) is 0 Å². The van der Waals surface area contributed by atoms with Crippen molar-refractivity contribution in [1.82, 2.24) is 15.6 Å². The zero-order chi connectivity index (χ0) is 23.5. The van der Waals surface area contributed by atoms with Gasteiger partial charge in [0.15, 0.2) is 11.5 Å². The van der Waals surface area contributed by atoms with E-state index in [-0.39, 0.29) is 0 Å². The number of nitrogens with one attached hydrogen (secondary N) is 1. The van der Waals surface area contributed by atoms with E-state index in [4.69, 9.17) is 9.68 Å². The fraction of sp³-hybridized carbons (Fsp3) is 0. The first kappa shape index (κ1) is 20.8. The molecule has 5 nitrogen and oxygen atoms in total. The Kier molecular flexibility index (Phi) is 5.51. The summed E-state index contributed by atoms with van der Waals surface area (Å²) in [5, 5.41) is 2.00. The minimum absolute atomic E-state index is 0.568. The summed E-state index contributed by atoms with van der Waals surface area (Å²) in [4.78, 5) is 20.7. The van der Waals surface area contributed by atoms with E-state index in [1.54, 1.807) is 12.4 Å². The second-order valence-electron chi connectivity index (χ2n) is 8.04. The lowest BCUT2D eigenvalue weighted by Gasteiger charge is -2.14. The number of fused-ring (bicyclic) bond motifs is 2. The molecule has 0 spiro atoms. The summed E-state index contributed by atoms with van der Waals surface area (Å²) in [6, 6.07) is 36.2. The predicted molar refractivity (Wildman–Crippen MR) is 139 cm³/mol. The second-order valence-corrected chi connectivity index (χ2v) is 8.04. The Morgan fingerprint density at radius 2 is 0.914 bits per heavy atom. The van der Waals surface area contributed by atoms with Crippen LogP contribution < -0.4 is 15.3 Å². The highest BCUT2D eigenvalue weighted by Gasteiger charge is 2.12. The third kappa shape index (κ3) is 4.05. The van der Waals surface area contributed by atoms with E-state index < -0.39 is 0 Å². The lowest BCUT2D eigenvalue weighted by molar-refractivity contribution is -0.0170. The summed E-state index contributed by atoms with van der Waals surface area (Å²) in [6.07, 6.45) is 3.51. The molecule has 5 heteroatoms. The maximum absolute atomic E-state index is 5.82. The average molecular weight is 456 g/mol. The van der Waals surface area contributed by atoms with Gasteiger partial charge in [-0.1, -0.05) is 72.8 Å². The van der Waals surface area contributed by atoms with Crippen molar-refractivity contribution in [3.63, 3.8) is 0 Å². The minimum atomic E-state index is 0.568. The Hall–Kier alpha value is -4.74. The number of aromatic nitrogens is 2. The van der Waals surface area contributed by atoms with Crippen LogP contribution in [-0.4, -0.2) is 9.97 Å². The normalized spacial score (nSPS) is 11.0. The van der Waals surface area contributed by atoms with Crippen LogP contribution in [0.4, 0.5) is 0 Å². The molecule has 0 aliphatic heterocycles. The van der Waals surface area contributed by atoms with E-state index in [9.17, 15) is 0 Å². The highest BCUT2D eigenvalue weighted by Crippen LogP contribution is 2.34. The fourth-order valence-electron chi connectivity index (χ4n) is 4.31. The molecule has 168 valence electrons. The molecule has 2 aromatic heterocycles. The minimum Gasteiger partial charge on any atom is -0.371 e. The van der Waals surface area contributed by atoms with Crippen molar-refractivity contribution in [2.75, 3.05) is 0 Å². The quantitative estimate of drug-likeness (QED) is 0.274. The fourth-order valence-corrected chi connectivity index (χ4v) is 4.31. The van der Waals surface area contributed by atoms with Crippen LogP contribution in [0.25, 0.3) is 44.1 Å². The van der Waals surface area contributed by atoms with Crippen LogP contribution >= 0.6 is 0 Å². The molecule has 1 N–H and O–H groups in total. The maximum Gasteiger partial charge on any atom is 0.177 e. The summed E-state index contributed by atoms with van der Waals surface area (Å²) in [7, 11) is 0. The Balaban J connectivity index is 1.28. The molecule has 0 amide bonds. The van der Waals surface area contributed by atoms with Crippen molar-refractivity contribution in [2.24, 2.45) is 0 Å². The molecule has 6 aromatic rings. The predicted octanol–water partition coefficient (Wildman–Crippen LogP) is 6.99. The van der Waals surface area contributed by atoms with E-state index in [0.717, 1.165) is 44.1 Å². The van der Waals surface area contributed by atoms with Crippen LogP contribution in [-0.2, 0) is 0 Å². The molecule has 0 aliphatic carbocycles. The molecule has 0 fully saturated rings. The van der Waals surface area contributed by atoms with Gasteiger partial charge in [0.2, 0.25) is 0 Å². The molecule has 0 saturated carbocycles. The second kappa shape index (κ2) is 9.25. The van der Waals surface area contributed by atoms with Gasteiger partial charge in [-0.3, -0.25) is 9.97 Å². The number of benzene rings is 4. The molecule has 6 rings (SSSR count). The van der Waals surface area contributed by atoms with Gasteiger partial charge in [-0.05, 0) is 58.7 Å². The van der Waals surface area contributed by atoms with E-state index in [1.165, 1.54) is 0 Å². The number of nitrogens with zero attached hydrogens (tertiary/aromatic N) is 2. The molecule has 35 heavy (non-hydrogen) atoms. The zero-order valence-corrected chi connectivity index (χ0v) is 18.8. The van der Waals surface area contributed by atoms with Crippen LogP contribution in [0, 0.1) is 0 Å². The van der Waals surface area contributed by atoms with Crippen LogP contribution in [0.2, 0.25) is 0 Å². The molecule has 0 saturated heterocycles. The van der Waals surface area contributed by atoms with Gasteiger partial charge in [0.25, 0.3) is 0 Å². The molecule has 0 bridgehead atoms. The van der Waals surface area contributed by atoms with Crippen molar-refractivity contribution in [3.8, 4) is 33.8 Å². The first-order valence-electron chi connectivity index (χ1n) is 11.3. The average Bonchev–Trinajstić information content (AvgIpc) is 2.94. The molecule has 0 aliphatic rings. The van der Waals surface area contributed by atoms with Crippen LogP contribution in [0.3, 0.4) is 0 Å². The van der Waals surface area contributed by atoms with E-state index >= 15 is 0 Å². The van der Waals surface area contributed by atoms with E-state index in [0.29, 0.717) is 11.5 Å². The summed E-state index contributed by atoms with van der Waals surface area (Å²) in [6.45, 7) is 0. The smallest absolute Gasteiger partial charge is 0.177 e. The van der Waals surface area contributed by atoms with Gasteiger partial charge < -0.3 is 9.68 Å². The molecular weight excluding hydrogens is 434 g/mol. The maximum atomic E-state index is 5.82. The van der Waals surface area contributed by atoms with Gasteiger partial charge in [0.1, 0.15) is 11.0 Å². The lowest BCUT2D eigenvalue weighted by atomic mass is 10.0. The van der Waals surface area contributed by atoms with Crippen LogP contribution in [0.1, 0.15) is 0 Å². The van der Waals surface area contributed by atoms with E-state index in [1.807, 2.05) is 84.9 Å². The molecule has 4 aromatic carbocycles. The van der Waals surface area contributed by atoms with Crippen LogP contribution in [0.15, 0.2) is 122 Å². The molecule has 2 heterocycles. The van der Waals surface area contributed by atoms with Gasteiger partial charge in [-0.15, -0.1) is 0 Å². The van der Waals surface area contributed by atoms with Crippen molar-refractivity contribution in [1.29, 1.82) is 0 Å². The third-order valence-corrected chi connectivity index (χ3v) is 5.94. The number of rotatable bonds is 6. The lowest BCUT2D eigenvalue weighted by Crippen LogP contribution is -2.23.